The smallest absolute Gasteiger partial charge is 0.189 e. The van der Waals surface area contributed by atoms with Crippen LogP contribution in [0.15, 0.2) is 54.6 Å². The number of ketones is 1. The molecule has 2 N–H and O–H groups in total. The number of nitrogen functional groups attached to an aromatic ring is 1. The molecule has 0 aromatic heterocycles. The lowest BCUT2D eigenvalue weighted by Crippen LogP contribution is -2.02. The molecule has 0 amide bonds. The number of benzene rings is 2. The molecule has 0 aliphatic rings. The van der Waals surface area contributed by atoms with Crippen molar-refractivity contribution in [1.29, 1.82) is 0 Å². The Kier molecular flexibility index (Phi) is 5.16. The number of hydrogen-bond acceptors (Lipinski definition) is 3. The lowest BCUT2D eigenvalue weighted by molar-refractivity contribution is 0.104. The first-order chi connectivity index (χ1) is 10.2. The van der Waals surface area contributed by atoms with Gasteiger partial charge in [-0.2, -0.15) is 0 Å². The van der Waals surface area contributed by atoms with E-state index in [0.29, 0.717) is 23.6 Å². The molecule has 2 aromatic carbocycles. The number of ether oxygens (including phenoxy) is 1. The van der Waals surface area contributed by atoms with Crippen LogP contribution >= 0.6 is 0 Å². The number of para-hydroxylation sites is 1. The van der Waals surface area contributed by atoms with E-state index in [-0.39, 0.29) is 5.78 Å². The zero-order valence-electron chi connectivity index (χ0n) is 12.1. The first-order valence-electron chi connectivity index (χ1n) is 7.00. The summed E-state index contributed by atoms with van der Waals surface area (Å²) in [7, 11) is 0. The minimum atomic E-state index is -0.0708. The molecule has 2 rings (SSSR count). The van der Waals surface area contributed by atoms with E-state index in [4.69, 9.17) is 10.5 Å². The van der Waals surface area contributed by atoms with Crippen molar-refractivity contribution in [3.63, 3.8) is 0 Å². The molecule has 0 saturated carbocycles. The summed E-state index contributed by atoms with van der Waals surface area (Å²) in [6.07, 6.45) is 4.24. The maximum absolute atomic E-state index is 12.3. The maximum Gasteiger partial charge on any atom is 0.189 e. The van der Waals surface area contributed by atoms with Crippen molar-refractivity contribution in [2.24, 2.45) is 0 Å². The molecule has 0 aliphatic carbocycles. The predicted octanol–water partition coefficient (Wildman–Crippen LogP) is 3.95. The number of allylic oxidation sites excluding steroid dienone is 1. The average molecular weight is 281 g/mol. The Labute approximate surface area is 125 Å². The van der Waals surface area contributed by atoms with E-state index in [0.717, 1.165) is 12.0 Å². The van der Waals surface area contributed by atoms with E-state index in [1.165, 1.54) is 0 Å². The Bertz CT molecular complexity index is 630. The van der Waals surface area contributed by atoms with Gasteiger partial charge in [0.25, 0.3) is 0 Å². The lowest BCUT2D eigenvalue weighted by atomic mass is 10.1. The van der Waals surface area contributed by atoms with E-state index >= 15 is 0 Å². The van der Waals surface area contributed by atoms with Gasteiger partial charge in [-0.15, -0.1) is 0 Å². The molecule has 0 spiro atoms. The summed E-state index contributed by atoms with van der Waals surface area (Å²) >= 11 is 0. The van der Waals surface area contributed by atoms with Crippen molar-refractivity contribution < 1.29 is 9.53 Å². The highest BCUT2D eigenvalue weighted by Gasteiger charge is 2.08. The van der Waals surface area contributed by atoms with Gasteiger partial charge in [0.1, 0.15) is 5.75 Å². The van der Waals surface area contributed by atoms with Crippen LogP contribution in [0.3, 0.4) is 0 Å². The molecule has 108 valence electrons. The van der Waals surface area contributed by atoms with Crippen LogP contribution in [-0.4, -0.2) is 12.4 Å². The van der Waals surface area contributed by atoms with E-state index in [2.05, 4.69) is 0 Å². The molecule has 0 bridgehead atoms. The van der Waals surface area contributed by atoms with Crippen molar-refractivity contribution in [3.05, 3.63) is 65.7 Å². The van der Waals surface area contributed by atoms with E-state index in [9.17, 15) is 4.79 Å². The summed E-state index contributed by atoms with van der Waals surface area (Å²) in [5.41, 5.74) is 7.85. The maximum atomic E-state index is 12.3. The third kappa shape index (κ3) is 4.21. The van der Waals surface area contributed by atoms with Gasteiger partial charge in [0, 0.05) is 5.69 Å². The number of carbonyl (C=O) groups excluding carboxylic acids is 1. The van der Waals surface area contributed by atoms with Gasteiger partial charge in [0.15, 0.2) is 5.78 Å². The first-order valence-corrected chi connectivity index (χ1v) is 7.00. The van der Waals surface area contributed by atoms with Crippen LogP contribution in [0.2, 0.25) is 0 Å². The van der Waals surface area contributed by atoms with Gasteiger partial charge in [-0.05, 0) is 42.3 Å². The van der Waals surface area contributed by atoms with Crippen LogP contribution in [0.5, 0.6) is 5.75 Å². The molecular formula is C18H19NO2. The minimum Gasteiger partial charge on any atom is -0.493 e. The molecule has 0 unspecified atom stereocenters. The first kappa shape index (κ1) is 14.9. The quantitative estimate of drug-likeness (QED) is 0.495. The van der Waals surface area contributed by atoms with Crippen molar-refractivity contribution >= 4 is 17.5 Å². The molecule has 21 heavy (non-hydrogen) atoms. The van der Waals surface area contributed by atoms with Crippen LogP contribution in [0.25, 0.3) is 6.08 Å². The average Bonchev–Trinajstić information content (AvgIpc) is 2.52. The topological polar surface area (TPSA) is 52.3 Å². The minimum absolute atomic E-state index is 0.0708. The summed E-state index contributed by atoms with van der Waals surface area (Å²) in [6.45, 7) is 2.64. The number of carbonyl (C=O) groups is 1. The molecule has 2 aromatic rings. The van der Waals surface area contributed by atoms with Crippen LogP contribution in [0.4, 0.5) is 5.69 Å². The fraction of sp³-hybridized carbons (Fsp3) is 0.167. The largest absolute Gasteiger partial charge is 0.493 e. The number of nitrogens with two attached hydrogens (primary N) is 1. The molecule has 0 saturated heterocycles. The number of rotatable bonds is 6. The monoisotopic (exact) mass is 281 g/mol. The van der Waals surface area contributed by atoms with Crippen LogP contribution < -0.4 is 10.5 Å². The number of anilines is 1. The second-order valence-corrected chi connectivity index (χ2v) is 4.71. The zero-order valence-corrected chi connectivity index (χ0v) is 12.1. The van der Waals surface area contributed by atoms with Crippen LogP contribution in [0.1, 0.15) is 29.3 Å². The summed E-state index contributed by atoms with van der Waals surface area (Å²) in [4.78, 5) is 12.3. The predicted molar refractivity (Wildman–Crippen MR) is 86.4 cm³/mol. The standard InChI is InChI=1S/C18H19NO2/c1-2-13-21-18-6-4-3-5-16(18)17(20)12-9-14-7-10-15(19)11-8-14/h3-12H,2,13,19H2,1H3/b12-9+. The van der Waals surface area contributed by atoms with Crippen molar-refractivity contribution in [1.82, 2.24) is 0 Å². The summed E-state index contributed by atoms with van der Waals surface area (Å²) in [5.74, 6) is 0.560. The third-order valence-electron chi connectivity index (χ3n) is 2.98. The zero-order chi connectivity index (χ0) is 15.1. The lowest BCUT2D eigenvalue weighted by Gasteiger charge is -2.08. The fourth-order valence-corrected chi connectivity index (χ4v) is 1.88. The van der Waals surface area contributed by atoms with Gasteiger partial charge in [0.05, 0.1) is 12.2 Å². The molecule has 0 heterocycles. The Morgan fingerprint density at radius 3 is 2.57 bits per heavy atom. The molecule has 0 fully saturated rings. The highest BCUT2D eigenvalue weighted by Crippen LogP contribution is 2.19. The van der Waals surface area contributed by atoms with Gasteiger partial charge in [-0.1, -0.05) is 37.3 Å². The van der Waals surface area contributed by atoms with Gasteiger partial charge in [0.2, 0.25) is 0 Å². The third-order valence-corrected chi connectivity index (χ3v) is 2.98. The van der Waals surface area contributed by atoms with Crippen LogP contribution in [0, 0.1) is 0 Å². The van der Waals surface area contributed by atoms with Gasteiger partial charge < -0.3 is 10.5 Å². The normalized spacial score (nSPS) is 10.7. The molecule has 3 nitrogen and oxygen atoms in total. The molecule has 0 aliphatic heterocycles. The molecule has 0 radical (unpaired) electrons. The van der Waals surface area contributed by atoms with E-state index in [1.54, 1.807) is 18.2 Å². The van der Waals surface area contributed by atoms with Crippen molar-refractivity contribution in [2.45, 2.75) is 13.3 Å². The molecular weight excluding hydrogens is 262 g/mol. The van der Waals surface area contributed by atoms with Gasteiger partial charge in [-0.3, -0.25) is 4.79 Å². The van der Waals surface area contributed by atoms with Crippen molar-refractivity contribution in [3.8, 4) is 5.75 Å². The number of hydrogen-bond donors (Lipinski definition) is 1. The summed E-state index contributed by atoms with van der Waals surface area (Å²) < 4.78 is 5.60. The van der Waals surface area contributed by atoms with Crippen LogP contribution in [-0.2, 0) is 0 Å². The second-order valence-electron chi connectivity index (χ2n) is 4.71. The highest BCUT2D eigenvalue weighted by atomic mass is 16.5. The van der Waals surface area contributed by atoms with Crippen molar-refractivity contribution in [2.75, 3.05) is 12.3 Å². The van der Waals surface area contributed by atoms with E-state index in [1.807, 2.05) is 49.4 Å². The van der Waals surface area contributed by atoms with Gasteiger partial charge in [-0.25, -0.2) is 0 Å². The Morgan fingerprint density at radius 2 is 1.86 bits per heavy atom. The molecule has 3 heteroatoms. The van der Waals surface area contributed by atoms with E-state index < -0.39 is 0 Å². The SMILES string of the molecule is CCCOc1ccccc1C(=O)/C=C/c1ccc(N)cc1. The fourth-order valence-electron chi connectivity index (χ4n) is 1.88. The van der Waals surface area contributed by atoms with Gasteiger partial charge >= 0.3 is 0 Å². The Morgan fingerprint density at radius 1 is 1.14 bits per heavy atom. The highest BCUT2D eigenvalue weighted by molar-refractivity contribution is 6.08. The summed E-state index contributed by atoms with van der Waals surface area (Å²) in [5, 5.41) is 0. The Hall–Kier alpha value is -2.55. The molecule has 0 atom stereocenters. The Balaban J connectivity index is 2.14. The summed E-state index contributed by atoms with van der Waals surface area (Å²) in [6, 6.07) is 14.7. The second kappa shape index (κ2) is 7.29.